The summed E-state index contributed by atoms with van der Waals surface area (Å²) in [6.45, 7) is 9.26. The maximum atomic E-state index is 12.2. The third-order valence-corrected chi connectivity index (χ3v) is 7.84. The van der Waals surface area contributed by atoms with E-state index in [9.17, 15) is 9.59 Å². The number of fused-ring (bicyclic) bond motifs is 1. The standard InChI is InChI=1S/C33H50ClN5O3/c1-5-6-7-8-9-10-11-12-13-14-15-16-23-42-28(41)22-21-27(40)35-24-25-17-19-26(20-18-25)31-36-32-29(34)30(33(2,3)4)37-39(32)38-31/h17-20H,5-16,21-24H2,1-4H3,(H,35,40)(H,36,38). The van der Waals surface area contributed by atoms with Gasteiger partial charge in [0.1, 0.15) is 5.02 Å². The number of rotatable bonds is 19. The average molecular weight is 600 g/mol. The molecule has 1 aromatic carbocycles. The Morgan fingerprint density at radius 3 is 2.05 bits per heavy atom. The molecule has 0 atom stereocenters. The van der Waals surface area contributed by atoms with Crippen molar-refractivity contribution in [3.63, 3.8) is 0 Å². The highest BCUT2D eigenvalue weighted by Crippen LogP contribution is 2.31. The van der Waals surface area contributed by atoms with Gasteiger partial charge in [-0.05, 0) is 12.0 Å². The van der Waals surface area contributed by atoms with Crippen LogP contribution in [0, 0.1) is 0 Å². The van der Waals surface area contributed by atoms with Gasteiger partial charge < -0.3 is 15.0 Å². The van der Waals surface area contributed by atoms with E-state index in [0.29, 0.717) is 29.6 Å². The van der Waals surface area contributed by atoms with E-state index in [1.165, 1.54) is 68.8 Å². The zero-order chi connectivity index (χ0) is 30.4. The summed E-state index contributed by atoms with van der Waals surface area (Å²) in [5, 5.41) is 12.5. The van der Waals surface area contributed by atoms with Crippen LogP contribution in [-0.2, 0) is 26.3 Å². The highest BCUT2D eigenvalue weighted by molar-refractivity contribution is 6.34. The Balaban J connectivity index is 1.25. The van der Waals surface area contributed by atoms with Gasteiger partial charge in [0.05, 0.1) is 18.7 Å². The first-order valence-corrected chi connectivity index (χ1v) is 16.2. The minimum Gasteiger partial charge on any atom is -0.466 e. The number of esters is 1. The van der Waals surface area contributed by atoms with Crippen molar-refractivity contribution in [2.75, 3.05) is 6.61 Å². The largest absolute Gasteiger partial charge is 0.466 e. The summed E-state index contributed by atoms with van der Waals surface area (Å²) in [6.07, 6.45) is 15.5. The first-order chi connectivity index (χ1) is 20.2. The Morgan fingerprint density at radius 2 is 1.48 bits per heavy atom. The highest BCUT2D eigenvalue weighted by Gasteiger charge is 2.25. The average Bonchev–Trinajstić information content (AvgIpc) is 3.53. The molecule has 0 spiro atoms. The van der Waals surface area contributed by atoms with Crippen LogP contribution < -0.4 is 5.32 Å². The van der Waals surface area contributed by atoms with Gasteiger partial charge in [-0.15, -0.1) is 9.73 Å². The van der Waals surface area contributed by atoms with Crippen molar-refractivity contribution in [3.05, 3.63) is 40.5 Å². The molecule has 0 saturated carbocycles. The minimum absolute atomic E-state index is 0.100. The number of nitrogens with one attached hydrogen (secondary N) is 2. The number of benzene rings is 1. The number of H-pyrrole nitrogens is 1. The topological polar surface area (TPSA) is 101 Å². The van der Waals surface area contributed by atoms with Crippen LogP contribution in [0.25, 0.3) is 17.0 Å². The number of carbonyl (C=O) groups is 2. The van der Waals surface area contributed by atoms with E-state index < -0.39 is 0 Å². The molecule has 3 aromatic rings. The lowest BCUT2D eigenvalue weighted by molar-refractivity contribution is -0.145. The predicted molar refractivity (Wildman–Crippen MR) is 170 cm³/mol. The van der Waals surface area contributed by atoms with Crippen molar-refractivity contribution < 1.29 is 14.3 Å². The van der Waals surface area contributed by atoms with Gasteiger partial charge in [0.2, 0.25) is 5.91 Å². The van der Waals surface area contributed by atoms with Gasteiger partial charge >= 0.3 is 5.97 Å². The van der Waals surface area contributed by atoms with E-state index in [0.717, 1.165) is 29.7 Å². The SMILES string of the molecule is CCCCCCCCCCCCCCOC(=O)CCC(=O)NCc1ccc(-c2nn3nc(C(C)(C)C)c(Cl)c3[nH]2)cc1. The van der Waals surface area contributed by atoms with Gasteiger partial charge in [-0.25, -0.2) is 0 Å². The molecule has 2 N–H and O–H groups in total. The van der Waals surface area contributed by atoms with Crippen LogP contribution in [0.15, 0.2) is 24.3 Å². The number of amides is 1. The van der Waals surface area contributed by atoms with Crippen molar-refractivity contribution in [1.82, 2.24) is 25.1 Å². The molecular weight excluding hydrogens is 550 g/mol. The summed E-state index contributed by atoms with van der Waals surface area (Å²) in [7, 11) is 0. The number of unbranched alkanes of at least 4 members (excludes halogenated alkanes) is 11. The smallest absolute Gasteiger partial charge is 0.306 e. The van der Waals surface area contributed by atoms with Crippen LogP contribution in [0.3, 0.4) is 0 Å². The number of hydrogen-bond donors (Lipinski definition) is 2. The second-order valence-corrected chi connectivity index (χ2v) is 12.7. The van der Waals surface area contributed by atoms with E-state index >= 15 is 0 Å². The lowest BCUT2D eigenvalue weighted by atomic mass is 9.92. The Bertz CT molecular complexity index is 1240. The van der Waals surface area contributed by atoms with E-state index in [1.807, 2.05) is 24.3 Å². The van der Waals surface area contributed by atoms with Crippen LogP contribution in [0.5, 0.6) is 0 Å². The maximum absolute atomic E-state index is 12.2. The van der Waals surface area contributed by atoms with Crippen molar-refractivity contribution in [3.8, 4) is 11.4 Å². The predicted octanol–water partition coefficient (Wildman–Crippen LogP) is 8.32. The second kappa shape index (κ2) is 17.3. The maximum Gasteiger partial charge on any atom is 0.306 e. The van der Waals surface area contributed by atoms with Crippen LogP contribution in [0.2, 0.25) is 5.02 Å². The quantitative estimate of drug-likeness (QED) is 0.107. The number of ether oxygens (including phenoxy) is 1. The van der Waals surface area contributed by atoms with Gasteiger partial charge in [-0.1, -0.05) is 134 Å². The highest BCUT2D eigenvalue weighted by atomic mass is 35.5. The van der Waals surface area contributed by atoms with E-state index in [-0.39, 0.29) is 30.1 Å². The Kier molecular flexibility index (Phi) is 13.8. The van der Waals surface area contributed by atoms with Crippen molar-refractivity contribution in [1.29, 1.82) is 0 Å². The fraction of sp³-hybridized carbons (Fsp3) is 0.636. The molecule has 2 aromatic heterocycles. The number of nitrogens with zero attached hydrogens (tertiary/aromatic N) is 3. The zero-order valence-corrected chi connectivity index (χ0v) is 26.8. The summed E-state index contributed by atoms with van der Waals surface area (Å²) in [5.74, 6) is 0.187. The molecule has 0 fully saturated rings. The van der Waals surface area contributed by atoms with Crippen LogP contribution >= 0.6 is 11.6 Å². The summed E-state index contributed by atoms with van der Waals surface area (Å²) in [4.78, 5) is 27.5. The molecular formula is C33H50ClN5O3. The van der Waals surface area contributed by atoms with Crippen LogP contribution in [-0.4, -0.2) is 38.3 Å². The Labute approximate surface area is 256 Å². The van der Waals surface area contributed by atoms with Gasteiger partial charge in [0.25, 0.3) is 0 Å². The molecule has 3 rings (SSSR count). The number of aromatic amines is 1. The molecule has 232 valence electrons. The molecule has 9 heteroatoms. The van der Waals surface area contributed by atoms with Gasteiger partial charge in [0.15, 0.2) is 11.5 Å². The van der Waals surface area contributed by atoms with Gasteiger partial charge in [-0.2, -0.15) is 5.10 Å². The van der Waals surface area contributed by atoms with E-state index in [2.05, 4.69) is 48.2 Å². The summed E-state index contributed by atoms with van der Waals surface area (Å²) in [5.41, 5.74) is 3.13. The lowest BCUT2D eigenvalue weighted by Gasteiger charge is -2.14. The first kappa shape index (κ1) is 33.6. The molecule has 8 nitrogen and oxygen atoms in total. The third-order valence-electron chi connectivity index (χ3n) is 7.49. The number of carbonyl (C=O) groups excluding carboxylic acids is 2. The second-order valence-electron chi connectivity index (χ2n) is 12.3. The van der Waals surface area contributed by atoms with Crippen molar-refractivity contribution >= 4 is 29.1 Å². The Morgan fingerprint density at radius 1 is 0.881 bits per heavy atom. The summed E-state index contributed by atoms with van der Waals surface area (Å²) in [6, 6.07) is 7.74. The lowest BCUT2D eigenvalue weighted by Crippen LogP contribution is -2.23. The Hall–Kier alpha value is -2.87. The zero-order valence-electron chi connectivity index (χ0n) is 26.1. The number of aromatic nitrogens is 4. The number of halogens is 1. The van der Waals surface area contributed by atoms with Gasteiger partial charge in [-0.3, -0.25) is 9.59 Å². The molecule has 1 amide bonds. The molecule has 0 bridgehead atoms. The molecule has 0 aliphatic rings. The van der Waals surface area contributed by atoms with E-state index in [1.54, 1.807) is 0 Å². The molecule has 42 heavy (non-hydrogen) atoms. The molecule has 0 aliphatic carbocycles. The fourth-order valence-corrected chi connectivity index (χ4v) is 5.34. The number of hydrogen-bond acceptors (Lipinski definition) is 5. The normalized spacial score (nSPS) is 11.7. The van der Waals surface area contributed by atoms with E-state index in [4.69, 9.17) is 16.3 Å². The molecule has 0 radical (unpaired) electrons. The molecule has 0 saturated heterocycles. The fourth-order valence-electron chi connectivity index (χ4n) is 4.89. The minimum atomic E-state index is -0.308. The molecule has 0 unspecified atom stereocenters. The first-order valence-electron chi connectivity index (χ1n) is 15.9. The molecule has 2 heterocycles. The van der Waals surface area contributed by atoms with Crippen molar-refractivity contribution in [2.45, 2.75) is 130 Å². The summed E-state index contributed by atoms with van der Waals surface area (Å²) >= 11 is 6.53. The molecule has 0 aliphatic heterocycles. The van der Waals surface area contributed by atoms with Crippen molar-refractivity contribution in [2.24, 2.45) is 0 Å². The van der Waals surface area contributed by atoms with Crippen LogP contribution in [0.4, 0.5) is 0 Å². The monoisotopic (exact) mass is 599 g/mol. The van der Waals surface area contributed by atoms with Gasteiger partial charge in [0, 0.05) is 23.9 Å². The summed E-state index contributed by atoms with van der Waals surface area (Å²) < 4.78 is 6.84. The van der Waals surface area contributed by atoms with Crippen LogP contribution in [0.1, 0.15) is 129 Å². The third kappa shape index (κ3) is 11.1.